The number of hydrogen-bond donors (Lipinski definition) is 1. The number of imidazole rings is 1. The average molecular weight is 410 g/mol. The first-order valence-electron chi connectivity index (χ1n) is 10.4. The predicted molar refractivity (Wildman–Crippen MR) is 115 cm³/mol. The van der Waals surface area contributed by atoms with Crippen molar-refractivity contribution >= 4 is 22.2 Å². The normalized spacial score (nSPS) is 19.8. The number of hydrogen-bond acceptors (Lipinski definition) is 5. The zero-order valence-corrected chi connectivity index (χ0v) is 17.6. The summed E-state index contributed by atoms with van der Waals surface area (Å²) in [5.41, 5.74) is 4.48. The molecule has 29 heavy (non-hydrogen) atoms. The van der Waals surface area contributed by atoms with Crippen LogP contribution in [-0.4, -0.2) is 57.8 Å². The fraction of sp³-hybridized carbons (Fsp3) is 0.455. The second-order valence-corrected chi connectivity index (χ2v) is 9.01. The molecule has 0 bridgehead atoms. The molecule has 0 aliphatic carbocycles. The fourth-order valence-electron chi connectivity index (χ4n) is 4.55. The Morgan fingerprint density at radius 3 is 2.86 bits per heavy atom. The number of aromatic nitrogens is 2. The van der Waals surface area contributed by atoms with Gasteiger partial charge < -0.3 is 10.2 Å². The van der Waals surface area contributed by atoms with Crippen LogP contribution in [0.15, 0.2) is 35.8 Å². The monoisotopic (exact) mass is 409 g/mol. The number of thiazole rings is 1. The number of nitrogens with zero attached hydrogens (tertiary/aromatic N) is 4. The Kier molecular flexibility index (Phi) is 5.11. The number of amides is 1. The van der Waals surface area contributed by atoms with E-state index < -0.39 is 0 Å². The van der Waals surface area contributed by atoms with Crippen LogP contribution in [0.5, 0.6) is 0 Å². The molecule has 2 aliphatic heterocycles. The number of carbonyl (C=O) groups excluding carboxylic acids is 1. The summed E-state index contributed by atoms with van der Waals surface area (Å²) >= 11 is 1.58. The Bertz CT molecular complexity index is 1020. The Labute approximate surface area is 175 Å². The SMILES string of the molecule is CN1Cc2ccccc2CC1CNCc1c(C(=O)N2CCCC2)nc2sccn12. The zero-order chi connectivity index (χ0) is 19.8. The van der Waals surface area contributed by atoms with Gasteiger partial charge in [-0.2, -0.15) is 0 Å². The van der Waals surface area contributed by atoms with Crippen LogP contribution >= 0.6 is 11.3 Å². The van der Waals surface area contributed by atoms with Gasteiger partial charge in [-0.1, -0.05) is 24.3 Å². The van der Waals surface area contributed by atoms with Crippen LogP contribution in [0.25, 0.3) is 4.96 Å². The summed E-state index contributed by atoms with van der Waals surface area (Å²) in [6.45, 7) is 4.23. The number of carbonyl (C=O) groups is 1. The van der Waals surface area contributed by atoms with Gasteiger partial charge in [0.05, 0.1) is 5.69 Å². The molecule has 7 heteroatoms. The Hall–Kier alpha value is -2.22. The van der Waals surface area contributed by atoms with Gasteiger partial charge in [0.25, 0.3) is 5.91 Å². The minimum Gasteiger partial charge on any atom is -0.337 e. The van der Waals surface area contributed by atoms with Crippen molar-refractivity contribution in [2.75, 3.05) is 26.7 Å². The van der Waals surface area contributed by atoms with E-state index in [4.69, 9.17) is 0 Å². The van der Waals surface area contributed by atoms with Gasteiger partial charge in [0, 0.05) is 50.3 Å². The molecule has 1 unspecified atom stereocenters. The van der Waals surface area contributed by atoms with Gasteiger partial charge in [0.15, 0.2) is 10.7 Å². The quantitative estimate of drug-likeness (QED) is 0.704. The lowest BCUT2D eigenvalue weighted by Gasteiger charge is -2.34. The Balaban J connectivity index is 1.30. The third-order valence-electron chi connectivity index (χ3n) is 6.25. The first-order chi connectivity index (χ1) is 14.2. The van der Waals surface area contributed by atoms with E-state index in [0.717, 1.165) is 56.1 Å². The molecular formula is C22H27N5OS. The van der Waals surface area contributed by atoms with Crippen molar-refractivity contribution < 1.29 is 4.79 Å². The van der Waals surface area contributed by atoms with E-state index in [0.29, 0.717) is 18.3 Å². The highest BCUT2D eigenvalue weighted by atomic mass is 32.1. The summed E-state index contributed by atoms with van der Waals surface area (Å²) in [7, 11) is 2.19. The molecule has 1 N–H and O–H groups in total. The third kappa shape index (κ3) is 3.58. The van der Waals surface area contributed by atoms with Gasteiger partial charge in [-0.15, -0.1) is 11.3 Å². The molecule has 1 atom stereocenters. The van der Waals surface area contributed by atoms with E-state index in [9.17, 15) is 4.79 Å². The molecule has 1 amide bonds. The third-order valence-corrected chi connectivity index (χ3v) is 7.00. The van der Waals surface area contributed by atoms with Crippen molar-refractivity contribution in [3.63, 3.8) is 0 Å². The summed E-state index contributed by atoms with van der Waals surface area (Å²) in [5.74, 6) is 0.0823. The van der Waals surface area contributed by atoms with E-state index >= 15 is 0 Å². The molecule has 0 radical (unpaired) electrons. The number of rotatable bonds is 5. The topological polar surface area (TPSA) is 52.9 Å². The standard InChI is InChI=1S/C22H27N5OS/c1-25-15-17-7-3-2-6-16(17)12-18(25)13-23-14-19-20(21(28)26-8-4-5-9-26)24-22-27(19)10-11-29-22/h2-3,6-7,10-11,18,23H,4-5,8-9,12-15H2,1H3. The summed E-state index contributed by atoms with van der Waals surface area (Å²) in [4.78, 5) is 22.9. The van der Waals surface area contributed by atoms with Gasteiger partial charge in [0.1, 0.15) is 0 Å². The molecule has 152 valence electrons. The smallest absolute Gasteiger partial charge is 0.274 e. The lowest BCUT2D eigenvalue weighted by Crippen LogP contribution is -2.44. The van der Waals surface area contributed by atoms with Crippen LogP contribution in [0.2, 0.25) is 0 Å². The maximum absolute atomic E-state index is 13.0. The van der Waals surface area contributed by atoms with Crippen LogP contribution in [0.3, 0.4) is 0 Å². The van der Waals surface area contributed by atoms with E-state index in [1.165, 1.54) is 11.1 Å². The Morgan fingerprint density at radius 2 is 2.03 bits per heavy atom. The van der Waals surface area contributed by atoms with Gasteiger partial charge in [-0.3, -0.25) is 14.1 Å². The molecule has 1 saturated heterocycles. The molecule has 1 fully saturated rings. The van der Waals surface area contributed by atoms with Crippen molar-refractivity contribution in [3.05, 3.63) is 58.4 Å². The van der Waals surface area contributed by atoms with E-state index in [-0.39, 0.29) is 5.91 Å². The van der Waals surface area contributed by atoms with Crippen LogP contribution < -0.4 is 5.32 Å². The van der Waals surface area contributed by atoms with E-state index in [1.807, 2.05) is 16.5 Å². The highest BCUT2D eigenvalue weighted by Crippen LogP contribution is 2.23. The van der Waals surface area contributed by atoms with Crippen molar-refractivity contribution in [3.8, 4) is 0 Å². The average Bonchev–Trinajstić information content (AvgIpc) is 3.46. The number of nitrogens with one attached hydrogen (secondary N) is 1. The lowest BCUT2D eigenvalue weighted by atomic mass is 9.94. The zero-order valence-electron chi connectivity index (χ0n) is 16.8. The molecule has 0 saturated carbocycles. The highest BCUT2D eigenvalue weighted by molar-refractivity contribution is 7.15. The number of likely N-dealkylation sites (N-methyl/N-ethyl adjacent to an activating group) is 1. The molecule has 1 aromatic carbocycles. The highest BCUT2D eigenvalue weighted by Gasteiger charge is 2.27. The van der Waals surface area contributed by atoms with Crippen molar-refractivity contribution in [1.82, 2.24) is 24.5 Å². The van der Waals surface area contributed by atoms with Gasteiger partial charge in [-0.25, -0.2) is 4.98 Å². The second-order valence-electron chi connectivity index (χ2n) is 8.13. The molecule has 2 aromatic heterocycles. The summed E-state index contributed by atoms with van der Waals surface area (Å²) in [5, 5.41) is 5.65. The minimum absolute atomic E-state index is 0.0823. The lowest BCUT2D eigenvalue weighted by molar-refractivity contribution is 0.0786. The first kappa shape index (κ1) is 18.8. The minimum atomic E-state index is 0.0823. The fourth-order valence-corrected chi connectivity index (χ4v) is 5.28. The van der Waals surface area contributed by atoms with Gasteiger partial charge >= 0.3 is 0 Å². The molecular weight excluding hydrogens is 382 g/mol. The van der Waals surface area contributed by atoms with Crippen LogP contribution in [0, 0.1) is 0 Å². The second kappa shape index (κ2) is 7.89. The predicted octanol–water partition coefficient (Wildman–Crippen LogP) is 2.78. The number of likely N-dealkylation sites (tertiary alicyclic amines) is 1. The molecule has 6 nitrogen and oxygen atoms in total. The molecule has 5 rings (SSSR count). The van der Waals surface area contributed by atoms with Crippen molar-refractivity contribution in [2.24, 2.45) is 0 Å². The van der Waals surface area contributed by atoms with Crippen LogP contribution in [0.1, 0.15) is 40.2 Å². The molecule has 0 spiro atoms. The number of benzene rings is 1. The van der Waals surface area contributed by atoms with Gasteiger partial charge in [0.2, 0.25) is 0 Å². The summed E-state index contributed by atoms with van der Waals surface area (Å²) in [6.07, 6.45) is 5.27. The van der Waals surface area contributed by atoms with Crippen molar-refractivity contribution in [2.45, 2.75) is 38.4 Å². The van der Waals surface area contributed by atoms with Crippen LogP contribution in [0.4, 0.5) is 0 Å². The van der Waals surface area contributed by atoms with Gasteiger partial charge in [-0.05, 0) is 37.4 Å². The van der Waals surface area contributed by atoms with Crippen LogP contribution in [-0.2, 0) is 19.5 Å². The number of fused-ring (bicyclic) bond motifs is 2. The summed E-state index contributed by atoms with van der Waals surface area (Å²) in [6, 6.07) is 9.17. The maximum Gasteiger partial charge on any atom is 0.274 e. The first-order valence-corrected chi connectivity index (χ1v) is 11.3. The molecule has 4 heterocycles. The Morgan fingerprint density at radius 1 is 1.24 bits per heavy atom. The van der Waals surface area contributed by atoms with Crippen molar-refractivity contribution in [1.29, 1.82) is 0 Å². The largest absolute Gasteiger partial charge is 0.337 e. The maximum atomic E-state index is 13.0. The molecule has 2 aliphatic rings. The van der Waals surface area contributed by atoms with E-state index in [1.54, 1.807) is 11.3 Å². The molecule has 3 aromatic rings. The summed E-state index contributed by atoms with van der Waals surface area (Å²) < 4.78 is 2.07. The van der Waals surface area contributed by atoms with E-state index in [2.05, 4.69) is 50.9 Å².